The molecule has 37 heavy (non-hydrogen) atoms. The van der Waals surface area contributed by atoms with Crippen LogP contribution < -0.4 is 9.80 Å². The van der Waals surface area contributed by atoms with Crippen LogP contribution in [0, 0.1) is 0 Å². The molecule has 0 spiro atoms. The van der Waals surface area contributed by atoms with E-state index in [9.17, 15) is 9.59 Å². The van der Waals surface area contributed by atoms with E-state index in [0.29, 0.717) is 27.6 Å². The molecule has 0 aromatic heterocycles. The van der Waals surface area contributed by atoms with Crippen LogP contribution in [0.1, 0.15) is 45.7 Å². The Labute approximate surface area is 227 Å². The van der Waals surface area contributed by atoms with Crippen LogP contribution in [-0.2, 0) is 0 Å². The van der Waals surface area contributed by atoms with E-state index in [0.717, 1.165) is 16.9 Å². The summed E-state index contributed by atoms with van der Waals surface area (Å²) in [6, 6.07) is 31.8. The van der Waals surface area contributed by atoms with Crippen LogP contribution in [0.4, 0.5) is 11.4 Å². The zero-order chi connectivity index (χ0) is 25.9. The van der Waals surface area contributed by atoms with Crippen LogP contribution in [-0.4, -0.2) is 24.3 Å². The molecule has 1 amide bonds. The number of Topliss-reactive ketones (excluding diaryl/α,β-unsaturated/α-hetero) is 1. The number of nitrogens with zero attached hydrogens (tertiary/aromatic N) is 2. The Morgan fingerprint density at radius 1 is 0.811 bits per heavy atom. The summed E-state index contributed by atoms with van der Waals surface area (Å²) in [4.78, 5) is 31.1. The molecule has 0 bridgehead atoms. The molecular weight excluding hydrogens is 503 g/mol. The minimum Gasteiger partial charge on any atom is -0.361 e. The lowest BCUT2D eigenvalue weighted by Gasteiger charge is -2.44. The van der Waals surface area contributed by atoms with Gasteiger partial charge >= 0.3 is 0 Å². The number of fused-ring (bicyclic) bond motifs is 1. The third kappa shape index (κ3) is 5.13. The summed E-state index contributed by atoms with van der Waals surface area (Å²) in [5, 5.41) is 0.739. The van der Waals surface area contributed by atoms with E-state index in [1.807, 2.05) is 89.8 Å². The molecule has 4 aromatic carbocycles. The van der Waals surface area contributed by atoms with E-state index in [2.05, 4.69) is 11.8 Å². The van der Waals surface area contributed by atoms with Gasteiger partial charge in [-0.15, -0.1) is 0 Å². The zero-order valence-electron chi connectivity index (χ0n) is 20.4. The third-order valence-electron chi connectivity index (χ3n) is 6.84. The monoisotopic (exact) mass is 528 g/mol. The third-order valence-corrected chi connectivity index (χ3v) is 7.58. The fourth-order valence-corrected chi connectivity index (χ4v) is 5.29. The van der Waals surface area contributed by atoms with Gasteiger partial charge in [-0.25, -0.2) is 0 Å². The predicted octanol–water partition coefficient (Wildman–Crippen LogP) is 7.86. The van der Waals surface area contributed by atoms with Gasteiger partial charge in [0, 0.05) is 28.5 Å². The molecule has 6 heteroatoms. The Bertz CT molecular complexity index is 1430. The Hall–Kier alpha value is -3.60. The molecule has 0 radical (unpaired) electrons. The number of benzene rings is 4. The SMILES string of the molecule is C[C@H]1C[C@@H](N(C(=O)c2ccc(Cl)c(Cl)c2)c2ccccc2)c2ccccc2N1CC(=O)c1ccccc1. The number of ketones is 1. The number of anilines is 2. The lowest BCUT2D eigenvalue weighted by atomic mass is 9.89. The lowest BCUT2D eigenvalue weighted by Crippen LogP contribution is -2.47. The first-order valence-electron chi connectivity index (χ1n) is 12.2. The molecule has 5 rings (SSSR count). The standard InChI is InChI=1S/C31H26Cl2N2O2/c1-21-18-29(25-14-8-9-15-28(25)34(21)20-30(36)22-10-4-2-5-11-22)35(24-12-6-3-7-13-24)31(37)23-16-17-26(32)27(33)19-23/h2-17,19,21,29H,18,20H2,1H3/t21-,29+/m0/s1. The predicted molar refractivity (Wildman–Crippen MR) is 151 cm³/mol. The van der Waals surface area contributed by atoms with Crippen molar-refractivity contribution in [3.63, 3.8) is 0 Å². The van der Waals surface area contributed by atoms with E-state index in [4.69, 9.17) is 23.2 Å². The van der Waals surface area contributed by atoms with E-state index in [-0.39, 0.29) is 30.3 Å². The van der Waals surface area contributed by atoms with Gasteiger partial charge in [0.05, 0.1) is 22.6 Å². The highest BCUT2D eigenvalue weighted by molar-refractivity contribution is 6.42. The van der Waals surface area contributed by atoms with Crippen molar-refractivity contribution in [2.45, 2.75) is 25.4 Å². The van der Waals surface area contributed by atoms with Crippen molar-refractivity contribution in [3.8, 4) is 0 Å². The van der Waals surface area contributed by atoms with Crippen molar-refractivity contribution in [1.29, 1.82) is 0 Å². The molecule has 0 aliphatic carbocycles. The number of para-hydroxylation sites is 2. The molecule has 1 heterocycles. The summed E-state index contributed by atoms with van der Waals surface area (Å²) in [5.74, 6) is -0.0990. The molecule has 0 unspecified atom stereocenters. The van der Waals surface area contributed by atoms with Crippen molar-refractivity contribution < 1.29 is 9.59 Å². The highest BCUT2D eigenvalue weighted by Crippen LogP contribution is 2.43. The van der Waals surface area contributed by atoms with Gasteiger partial charge < -0.3 is 9.80 Å². The number of hydrogen-bond donors (Lipinski definition) is 0. The minimum absolute atomic E-state index is 0.0142. The molecule has 0 N–H and O–H groups in total. The van der Waals surface area contributed by atoms with Crippen LogP contribution in [0.5, 0.6) is 0 Å². The summed E-state index contributed by atoms with van der Waals surface area (Å²) in [6.45, 7) is 2.37. The fraction of sp³-hybridized carbons (Fsp3) is 0.161. The Balaban J connectivity index is 1.55. The first-order chi connectivity index (χ1) is 17.9. The molecular formula is C31H26Cl2N2O2. The zero-order valence-corrected chi connectivity index (χ0v) is 21.9. The van der Waals surface area contributed by atoms with Crippen molar-refractivity contribution >= 4 is 46.3 Å². The summed E-state index contributed by atoms with van der Waals surface area (Å²) in [6.07, 6.45) is 0.654. The van der Waals surface area contributed by atoms with Crippen LogP contribution in [0.15, 0.2) is 103 Å². The van der Waals surface area contributed by atoms with Gasteiger partial charge in [-0.1, -0.05) is 89.9 Å². The number of carbonyl (C=O) groups is 2. The molecule has 4 aromatic rings. The average Bonchev–Trinajstić information content (AvgIpc) is 2.93. The van der Waals surface area contributed by atoms with Gasteiger partial charge in [0.1, 0.15) is 0 Å². The fourth-order valence-electron chi connectivity index (χ4n) is 5.00. The number of amides is 1. The quantitative estimate of drug-likeness (QED) is 0.239. The van der Waals surface area contributed by atoms with Gasteiger partial charge in [0.2, 0.25) is 0 Å². The topological polar surface area (TPSA) is 40.6 Å². The Kier molecular flexibility index (Phi) is 7.31. The molecule has 0 fully saturated rings. The van der Waals surface area contributed by atoms with Gasteiger partial charge in [-0.05, 0) is 55.3 Å². The summed E-state index contributed by atoms with van der Waals surface area (Å²) < 4.78 is 0. The molecule has 2 atom stereocenters. The van der Waals surface area contributed by atoms with Crippen molar-refractivity contribution in [2.24, 2.45) is 0 Å². The molecule has 186 valence electrons. The highest BCUT2D eigenvalue weighted by atomic mass is 35.5. The average molecular weight is 529 g/mol. The maximum atomic E-state index is 14.0. The van der Waals surface area contributed by atoms with Gasteiger partial charge in [-0.2, -0.15) is 0 Å². The summed E-state index contributed by atoms with van der Waals surface area (Å²) >= 11 is 12.4. The number of halogens is 2. The maximum Gasteiger partial charge on any atom is 0.258 e. The van der Waals surface area contributed by atoms with E-state index in [1.54, 1.807) is 18.2 Å². The van der Waals surface area contributed by atoms with Crippen molar-refractivity contribution in [2.75, 3.05) is 16.3 Å². The number of hydrogen-bond acceptors (Lipinski definition) is 3. The van der Waals surface area contributed by atoms with Crippen molar-refractivity contribution in [1.82, 2.24) is 0 Å². The molecule has 1 aliphatic heterocycles. The minimum atomic E-state index is -0.237. The highest BCUT2D eigenvalue weighted by Gasteiger charge is 2.37. The molecule has 4 nitrogen and oxygen atoms in total. The second-order valence-electron chi connectivity index (χ2n) is 9.22. The van der Waals surface area contributed by atoms with Crippen molar-refractivity contribution in [3.05, 3.63) is 130 Å². The first-order valence-corrected chi connectivity index (χ1v) is 13.0. The van der Waals surface area contributed by atoms with E-state index >= 15 is 0 Å². The summed E-state index contributed by atoms with van der Waals surface area (Å²) in [5.41, 5.74) is 3.90. The Morgan fingerprint density at radius 2 is 1.46 bits per heavy atom. The second-order valence-corrected chi connectivity index (χ2v) is 10.0. The van der Waals surface area contributed by atoms with Gasteiger partial charge in [0.25, 0.3) is 5.91 Å². The maximum absolute atomic E-state index is 14.0. The number of carbonyl (C=O) groups excluding carboxylic acids is 2. The molecule has 0 saturated carbocycles. The molecule has 0 saturated heterocycles. The summed E-state index contributed by atoms with van der Waals surface area (Å²) in [7, 11) is 0. The van der Waals surface area contributed by atoms with Gasteiger partial charge in [0.15, 0.2) is 5.78 Å². The molecule has 1 aliphatic rings. The Morgan fingerprint density at radius 3 is 2.16 bits per heavy atom. The smallest absolute Gasteiger partial charge is 0.258 e. The van der Waals surface area contributed by atoms with Crippen LogP contribution >= 0.6 is 23.2 Å². The van der Waals surface area contributed by atoms with Crippen LogP contribution in [0.25, 0.3) is 0 Å². The van der Waals surface area contributed by atoms with E-state index < -0.39 is 0 Å². The van der Waals surface area contributed by atoms with Crippen LogP contribution in [0.2, 0.25) is 10.0 Å². The number of rotatable bonds is 6. The first kappa shape index (κ1) is 25.1. The van der Waals surface area contributed by atoms with Crippen LogP contribution in [0.3, 0.4) is 0 Å². The van der Waals surface area contributed by atoms with E-state index in [1.165, 1.54) is 0 Å². The largest absolute Gasteiger partial charge is 0.361 e. The van der Waals surface area contributed by atoms with Gasteiger partial charge in [-0.3, -0.25) is 9.59 Å². The lowest BCUT2D eigenvalue weighted by molar-refractivity contribution is 0.0965. The normalized spacial score (nSPS) is 16.7. The second kappa shape index (κ2) is 10.8.